The molecular formula is C45H30N2. The number of aromatic nitrogens is 2. The molecule has 0 spiro atoms. The molecule has 2 heteroatoms. The van der Waals surface area contributed by atoms with Crippen molar-refractivity contribution < 1.29 is 0 Å². The van der Waals surface area contributed by atoms with Crippen molar-refractivity contribution in [1.29, 1.82) is 0 Å². The van der Waals surface area contributed by atoms with Crippen molar-refractivity contribution in [3.8, 4) is 50.5 Å². The summed E-state index contributed by atoms with van der Waals surface area (Å²) in [4.78, 5) is 5.03. The summed E-state index contributed by atoms with van der Waals surface area (Å²) in [5.74, 6) is 0.943. The molecule has 9 aromatic rings. The zero-order valence-corrected chi connectivity index (χ0v) is 25.7. The molecule has 220 valence electrons. The Bertz CT molecular complexity index is 2530. The van der Waals surface area contributed by atoms with Crippen LogP contribution in [0.4, 0.5) is 0 Å². The Kier molecular flexibility index (Phi) is 6.50. The Labute approximate surface area is 273 Å². The molecule has 1 heterocycles. The highest BCUT2D eigenvalue weighted by atomic mass is 15.1. The van der Waals surface area contributed by atoms with Crippen molar-refractivity contribution in [2.75, 3.05) is 0 Å². The van der Waals surface area contributed by atoms with E-state index in [2.05, 4.69) is 174 Å². The second-order valence-corrected chi connectivity index (χ2v) is 12.0. The van der Waals surface area contributed by atoms with Crippen LogP contribution in [0.25, 0.3) is 83.0 Å². The highest BCUT2D eigenvalue weighted by Crippen LogP contribution is 2.44. The predicted octanol–water partition coefficient (Wildman–Crippen LogP) is 12.0. The van der Waals surface area contributed by atoms with Crippen LogP contribution in [-0.2, 0) is 0 Å². The van der Waals surface area contributed by atoms with Gasteiger partial charge in [0.1, 0.15) is 5.82 Å². The van der Waals surface area contributed by atoms with Crippen LogP contribution in [0.5, 0.6) is 0 Å². The first-order valence-electron chi connectivity index (χ1n) is 16.1. The summed E-state index contributed by atoms with van der Waals surface area (Å²) in [7, 11) is 0. The van der Waals surface area contributed by atoms with Gasteiger partial charge in [-0.1, -0.05) is 152 Å². The summed E-state index contributed by atoms with van der Waals surface area (Å²) in [6, 6.07) is 65.1. The monoisotopic (exact) mass is 598 g/mol. The lowest BCUT2D eigenvalue weighted by atomic mass is 9.85. The second kappa shape index (κ2) is 11.3. The summed E-state index contributed by atoms with van der Waals surface area (Å²) in [5.41, 5.74) is 11.6. The van der Waals surface area contributed by atoms with Crippen molar-refractivity contribution in [1.82, 2.24) is 9.55 Å². The van der Waals surface area contributed by atoms with Gasteiger partial charge in [0, 0.05) is 11.3 Å². The smallest absolute Gasteiger partial charge is 0.145 e. The maximum Gasteiger partial charge on any atom is 0.145 e. The molecule has 0 aliphatic heterocycles. The van der Waals surface area contributed by atoms with Crippen molar-refractivity contribution in [2.24, 2.45) is 0 Å². The maximum atomic E-state index is 5.03. The van der Waals surface area contributed by atoms with Gasteiger partial charge in [-0.05, 0) is 85.3 Å². The third-order valence-corrected chi connectivity index (χ3v) is 9.20. The minimum Gasteiger partial charge on any atom is -0.292 e. The number of fused-ring (bicyclic) bond motifs is 3. The number of para-hydroxylation sites is 2. The van der Waals surface area contributed by atoms with Gasteiger partial charge in [0.2, 0.25) is 0 Å². The minimum atomic E-state index is 0.943. The lowest BCUT2D eigenvalue weighted by molar-refractivity contribution is 1.10. The number of rotatable bonds is 5. The molecule has 0 radical (unpaired) electrons. The fourth-order valence-electron chi connectivity index (χ4n) is 7.06. The molecule has 0 atom stereocenters. The number of imidazole rings is 1. The fourth-order valence-corrected chi connectivity index (χ4v) is 7.06. The van der Waals surface area contributed by atoms with Gasteiger partial charge in [-0.15, -0.1) is 0 Å². The van der Waals surface area contributed by atoms with E-state index in [4.69, 9.17) is 4.98 Å². The van der Waals surface area contributed by atoms with Crippen molar-refractivity contribution in [3.05, 3.63) is 182 Å². The van der Waals surface area contributed by atoms with E-state index in [0.717, 1.165) is 28.1 Å². The molecule has 0 fully saturated rings. The van der Waals surface area contributed by atoms with Crippen molar-refractivity contribution >= 4 is 32.6 Å². The van der Waals surface area contributed by atoms with Gasteiger partial charge in [-0.25, -0.2) is 4.98 Å². The predicted molar refractivity (Wildman–Crippen MR) is 198 cm³/mol. The highest BCUT2D eigenvalue weighted by Gasteiger charge is 2.18. The van der Waals surface area contributed by atoms with Crippen molar-refractivity contribution in [3.63, 3.8) is 0 Å². The Hall–Kier alpha value is -6.25. The molecule has 0 amide bonds. The molecule has 0 unspecified atom stereocenters. The third-order valence-electron chi connectivity index (χ3n) is 9.20. The van der Waals surface area contributed by atoms with E-state index in [1.807, 2.05) is 12.1 Å². The first-order chi connectivity index (χ1) is 23.3. The van der Waals surface area contributed by atoms with E-state index < -0.39 is 0 Å². The summed E-state index contributed by atoms with van der Waals surface area (Å²) in [6.45, 7) is 0. The van der Waals surface area contributed by atoms with Crippen LogP contribution in [0.1, 0.15) is 0 Å². The van der Waals surface area contributed by atoms with E-state index in [0.29, 0.717) is 0 Å². The molecule has 0 aliphatic carbocycles. The van der Waals surface area contributed by atoms with Gasteiger partial charge >= 0.3 is 0 Å². The van der Waals surface area contributed by atoms with Gasteiger partial charge in [-0.3, -0.25) is 4.57 Å². The molecule has 0 saturated carbocycles. The second-order valence-electron chi connectivity index (χ2n) is 12.0. The molecule has 9 rings (SSSR count). The van der Waals surface area contributed by atoms with Crippen LogP contribution >= 0.6 is 0 Å². The summed E-state index contributed by atoms with van der Waals surface area (Å²) >= 11 is 0. The van der Waals surface area contributed by atoms with Gasteiger partial charge in [-0.2, -0.15) is 0 Å². The maximum absolute atomic E-state index is 5.03. The summed E-state index contributed by atoms with van der Waals surface area (Å²) in [5, 5.41) is 5.04. The van der Waals surface area contributed by atoms with Gasteiger partial charge in [0.05, 0.1) is 11.0 Å². The van der Waals surface area contributed by atoms with Crippen LogP contribution < -0.4 is 0 Å². The van der Waals surface area contributed by atoms with E-state index in [1.165, 1.54) is 54.9 Å². The van der Waals surface area contributed by atoms with E-state index in [-0.39, 0.29) is 0 Å². The quantitative estimate of drug-likeness (QED) is 0.180. The van der Waals surface area contributed by atoms with Crippen LogP contribution in [0, 0.1) is 0 Å². The zero-order valence-electron chi connectivity index (χ0n) is 25.7. The van der Waals surface area contributed by atoms with Crippen LogP contribution in [0.2, 0.25) is 0 Å². The molecule has 47 heavy (non-hydrogen) atoms. The van der Waals surface area contributed by atoms with E-state index >= 15 is 0 Å². The minimum absolute atomic E-state index is 0.943. The fraction of sp³-hybridized carbons (Fsp3) is 0. The van der Waals surface area contributed by atoms with Crippen LogP contribution in [0.3, 0.4) is 0 Å². The largest absolute Gasteiger partial charge is 0.292 e. The summed E-state index contributed by atoms with van der Waals surface area (Å²) < 4.78 is 2.26. The topological polar surface area (TPSA) is 17.8 Å². The molecule has 0 aliphatic rings. The standard InChI is InChI=1S/C45H30N2/c1-4-14-32(15-5-1)43-37-20-10-11-21-38(37)44(33-16-6-2-7-17-33)40-30-35(26-29-39(40)43)31-24-27-36(28-25-31)47-42-23-13-12-22-41(42)46-45(47)34-18-8-3-9-19-34/h1-30H. The Morgan fingerprint density at radius 1 is 0.340 bits per heavy atom. The van der Waals surface area contributed by atoms with Crippen molar-refractivity contribution in [2.45, 2.75) is 0 Å². The Morgan fingerprint density at radius 2 is 0.830 bits per heavy atom. The SMILES string of the molecule is c1ccc(-c2c3ccccc3c(-c3ccccc3)c3cc(-c4ccc(-n5c(-c6ccccc6)nc6ccccc65)cc4)ccc23)cc1. The van der Waals surface area contributed by atoms with Gasteiger partial charge in [0.25, 0.3) is 0 Å². The number of hydrogen-bond acceptors (Lipinski definition) is 1. The normalized spacial score (nSPS) is 11.4. The van der Waals surface area contributed by atoms with Crippen LogP contribution in [0.15, 0.2) is 182 Å². The Balaban J connectivity index is 1.24. The summed E-state index contributed by atoms with van der Waals surface area (Å²) in [6.07, 6.45) is 0. The first kappa shape index (κ1) is 27.1. The lowest BCUT2D eigenvalue weighted by Crippen LogP contribution is -1.97. The molecular weight excluding hydrogens is 569 g/mol. The van der Waals surface area contributed by atoms with E-state index in [1.54, 1.807) is 0 Å². The average Bonchev–Trinajstić information content (AvgIpc) is 3.54. The molecule has 1 aromatic heterocycles. The first-order valence-corrected chi connectivity index (χ1v) is 16.1. The molecule has 2 nitrogen and oxygen atoms in total. The molecule has 0 saturated heterocycles. The molecule has 0 bridgehead atoms. The molecule has 0 N–H and O–H groups in total. The van der Waals surface area contributed by atoms with E-state index in [9.17, 15) is 0 Å². The molecule has 8 aromatic carbocycles. The number of benzene rings is 8. The van der Waals surface area contributed by atoms with Gasteiger partial charge in [0.15, 0.2) is 0 Å². The van der Waals surface area contributed by atoms with Gasteiger partial charge < -0.3 is 0 Å². The number of nitrogens with zero attached hydrogens (tertiary/aromatic N) is 2. The Morgan fingerprint density at radius 3 is 1.47 bits per heavy atom. The number of hydrogen-bond donors (Lipinski definition) is 0. The lowest BCUT2D eigenvalue weighted by Gasteiger charge is -2.19. The average molecular weight is 599 g/mol. The third kappa shape index (κ3) is 4.62. The van der Waals surface area contributed by atoms with Crippen LogP contribution in [-0.4, -0.2) is 9.55 Å². The zero-order chi connectivity index (χ0) is 31.2. The highest BCUT2D eigenvalue weighted by molar-refractivity contribution is 6.21.